The van der Waals surface area contributed by atoms with Gasteiger partial charge >= 0.3 is 23.9 Å². The number of hydrogen-bond acceptors (Lipinski definition) is 8. The third-order valence-corrected chi connectivity index (χ3v) is 6.39. The summed E-state index contributed by atoms with van der Waals surface area (Å²) < 4.78 is 34.4. The Morgan fingerprint density at radius 1 is 0.431 bits per heavy atom. The molecule has 0 spiro atoms. The van der Waals surface area contributed by atoms with Gasteiger partial charge in [0.05, 0.1) is 0 Å². The van der Waals surface area contributed by atoms with Gasteiger partial charge < -0.3 is 18.9 Å². The summed E-state index contributed by atoms with van der Waals surface area (Å²) in [6.07, 6.45) is 0. The first-order valence-corrected chi connectivity index (χ1v) is 14.8. The van der Waals surface area contributed by atoms with Gasteiger partial charge in [-0.25, -0.2) is 23.6 Å². The average Bonchev–Trinajstić information content (AvgIpc) is 3.06. The third kappa shape index (κ3) is 12.9. The molecular weight excluding hydrogens is 651 g/mol. The van der Waals surface area contributed by atoms with Crippen LogP contribution in [0.2, 0.25) is 0 Å². The number of benzene rings is 4. The second kappa shape index (κ2) is 19.6. The summed E-state index contributed by atoms with van der Waals surface area (Å²) in [4.78, 5) is 45.9. The van der Waals surface area contributed by atoms with E-state index in [2.05, 4.69) is 26.3 Å². The first-order valence-electron chi connectivity index (χ1n) is 14.8. The van der Waals surface area contributed by atoms with E-state index in [-0.39, 0.29) is 26.2 Å². The number of carbonyl (C=O) groups is 4. The van der Waals surface area contributed by atoms with Gasteiger partial charge in [-0.3, -0.25) is 0 Å². The van der Waals surface area contributed by atoms with Gasteiger partial charge in [-0.2, -0.15) is 0 Å². The highest BCUT2D eigenvalue weighted by Gasteiger charge is 2.12. The minimum atomic E-state index is -0.685. The summed E-state index contributed by atoms with van der Waals surface area (Å²) in [5, 5.41) is 0. The number of ether oxygens (including phenoxy) is 4. The molecule has 4 rings (SSSR count). The first kappa shape index (κ1) is 42.7. The lowest BCUT2D eigenvalue weighted by atomic mass is 10.1. The molecule has 9 heteroatoms. The molecular formula is C42H43FO8. The van der Waals surface area contributed by atoms with E-state index in [1.165, 1.54) is 19.1 Å². The van der Waals surface area contributed by atoms with E-state index in [0.29, 0.717) is 45.1 Å². The van der Waals surface area contributed by atoms with E-state index in [4.69, 9.17) is 18.9 Å². The van der Waals surface area contributed by atoms with Crippen molar-refractivity contribution in [1.82, 2.24) is 0 Å². The highest BCUT2D eigenvalue weighted by Crippen LogP contribution is 2.28. The molecule has 0 saturated carbocycles. The lowest BCUT2D eigenvalue weighted by molar-refractivity contribution is -0.131. The van der Waals surface area contributed by atoms with E-state index in [0.717, 1.165) is 11.1 Å². The Morgan fingerprint density at radius 3 is 0.961 bits per heavy atom. The van der Waals surface area contributed by atoms with Gasteiger partial charge in [-0.1, -0.05) is 83.6 Å². The molecule has 51 heavy (non-hydrogen) atoms. The van der Waals surface area contributed by atoms with Crippen LogP contribution in [0, 0.1) is 5.82 Å². The Bertz CT molecular complexity index is 1850. The molecule has 0 radical (unpaired) electrons. The zero-order valence-electron chi connectivity index (χ0n) is 27.6. The van der Waals surface area contributed by atoms with Gasteiger partial charge in [0, 0.05) is 22.3 Å². The molecule has 0 aliphatic carbocycles. The summed E-state index contributed by atoms with van der Waals surface area (Å²) in [7, 11) is 0. The molecule has 4 aromatic rings. The molecule has 0 bridgehead atoms. The van der Waals surface area contributed by atoms with Crippen molar-refractivity contribution < 1.29 is 42.5 Å². The second-order valence-corrected chi connectivity index (χ2v) is 10.9. The summed E-state index contributed by atoms with van der Waals surface area (Å²) in [5.74, 6) is -1.65. The Balaban J connectivity index is 0.000000491. The van der Waals surface area contributed by atoms with Crippen molar-refractivity contribution in [3.05, 3.63) is 145 Å². The standard InChI is InChI=1S/C20H17FO4.C20H18O4.2CH4/c1-12(2)19(22)24-16-8-5-14(6-9-16)15-7-10-18(17(21)11-15)25-20(23)13(3)4;1-13(2)19(21)23-17-9-5-15(6-10-17)16-7-11-18(12-8-16)24-20(22)14(3)4;;/h5-11H,1,3H2,2,4H3;5-12H,1,3H2,2,4H3;2*1H4. The van der Waals surface area contributed by atoms with Crippen molar-refractivity contribution in [1.29, 1.82) is 0 Å². The average molecular weight is 695 g/mol. The molecule has 0 N–H and O–H groups in total. The number of hydrogen-bond donors (Lipinski definition) is 0. The SMILES string of the molecule is C.C.C=C(C)C(=O)Oc1ccc(-c2ccc(OC(=O)C(=C)C)c(F)c2)cc1.C=C(C)C(=O)Oc1ccc(-c2ccc(OC(=O)C(=C)C)cc2)cc1. The largest absolute Gasteiger partial charge is 0.423 e. The van der Waals surface area contributed by atoms with Gasteiger partial charge in [0.2, 0.25) is 0 Å². The molecule has 8 nitrogen and oxygen atoms in total. The monoisotopic (exact) mass is 694 g/mol. The first-order chi connectivity index (χ1) is 23.1. The normalized spacial score (nSPS) is 9.59. The molecule has 266 valence electrons. The van der Waals surface area contributed by atoms with Crippen LogP contribution in [0.5, 0.6) is 23.0 Å². The smallest absolute Gasteiger partial charge is 0.338 e. The molecule has 0 unspecified atom stereocenters. The fraction of sp³-hybridized carbons (Fsp3) is 0.143. The van der Waals surface area contributed by atoms with Crippen LogP contribution in [0.4, 0.5) is 4.39 Å². The lowest BCUT2D eigenvalue weighted by Gasteiger charge is -2.08. The molecule has 0 amide bonds. The van der Waals surface area contributed by atoms with Gasteiger partial charge in [0.15, 0.2) is 11.6 Å². The van der Waals surface area contributed by atoms with Crippen LogP contribution in [-0.4, -0.2) is 23.9 Å². The van der Waals surface area contributed by atoms with Crippen molar-refractivity contribution in [2.75, 3.05) is 0 Å². The predicted octanol–water partition coefficient (Wildman–Crippen LogP) is 10.0. The molecule has 0 aromatic heterocycles. The van der Waals surface area contributed by atoms with Crippen LogP contribution in [0.1, 0.15) is 42.5 Å². The van der Waals surface area contributed by atoms with Gasteiger partial charge in [0.25, 0.3) is 0 Å². The highest BCUT2D eigenvalue weighted by molar-refractivity contribution is 5.90. The Labute approximate surface area is 299 Å². The zero-order chi connectivity index (χ0) is 36.2. The van der Waals surface area contributed by atoms with E-state index in [1.54, 1.807) is 75.4 Å². The summed E-state index contributed by atoms with van der Waals surface area (Å²) in [6, 6.07) is 25.1. The Morgan fingerprint density at radius 2 is 0.686 bits per heavy atom. The van der Waals surface area contributed by atoms with Crippen molar-refractivity contribution in [2.24, 2.45) is 0 Å². The minimum Gasteiger partial charge on any atom is -0.423 e. The van der Waals surface area contributed by atoms with E-state index < -0.39 is 29.7 Å². The summed E-state index contributed by atoms with van der Waals surface area (Å²) in [6.45, 7) is 20.3. The maximum atomic E-state index is 14.1. The second-order valence-electron chi connectivity index (χ2n) is 10.9. The van der Waals surface area contributed by atoms with Gasteiger partial charge in [0.1, 0.15) is 17.2 Å². The number of esters is 4. The van der Waals surface area contributed by atoms with E-state index >= 15 is 0 Å². The lowest BCUT2D eigenvalue weighted by Crippen LogP contribution is -2.09. The summed E-state index contributed by atoms with van der Waals surface area (Å²) >= 11 is 0. The van der Waals surface area contributed by atoms with Crippen LogP contribution >= 0.6 is 0 Å². The zero-order valence-corrected chi connectivity index (χ0v) is 27.6. The van der Waals surface area contributed by atoms with Crippen LogP contribution in [-0.2, 0) is 19.2 Å². The van der Waals surface area contributed by atoms with Crippen LogP contribution in [0.3, 0.4) is 0 Å². The van der Waals surface area contributed by atoms with Gasteiger partial charge in [-0.15, -0.1) is 0 Å². The fourth-order valence-corrected chi connectivity index (χ4v) is 3.68. The van der Waals surface area contributed by atoms with Crippen molar-refractivity contribution >= 4 is 23.9 Å². The molecule has 0 atom stereocenters. The Hall–Kier alpha value is -6.35. The number of carbonyl (C=O) groups excluding carboxylic acids is 4. The molecule has 0 saturated heterocycles. The topological polar surface area (TPSA) is 105 Å². The quantitative estimate of drug-likeness (QED) is 0.0918. The maximum absolute atomic E-state index is 14.1. The van der Waals surface area contributed by atoms with Crippen molar-refractivity contribution in [3.8, 4) is 45.3 Å². The molecule has 0 aliphatic heterocycles. The highest BCUT2D eigenvalue weighted by atomic mass is 19.1. The van der Waals surface area contributed by atoms with Gasteiger partial charge in [-0.05, 0) is 98.5 Å². The third-order valence-electron chi connectivity index (χ3n) is 6.39. The predicted molar refractivity (Wildman–Crippen MR) is 199 cm³/mol. The molecule has 4 aromatic carbocycles. The van der Waals surface area contributed by atoms with Crippen molar-refractivity contribution in [3.63, 3.8) is 0 Å². The molecule has 0 fully saturated rings. The molecule has 0 heterocycles. The number of halogens is 1. The molecule has 0 aliphatic rings. The Kier molecular flexibility index (Phi) is 16.4. The fourth-order valence-electron chi connectivity index (χ4n) is 3.68. The maximum Gasteiger partial charge on any atom is 0.338 e. The van der Waals surface area contributed by atoms with Crippen LogP contribution < -0.4 is 18.9 Å². The number of rotatable bonds is 10. The van der Waals surface area contributed by atoms with E-state index in [9.17, 15) is 23.6 Å². The minimum absolute atomic E-state index is 0. The van der Waals surface area contributed by atoms with Crippen LogP contribution in [0.15, 0.2) is 140 Å². The van der Waals surface area contributed by atoms with Crippen LogP contribution in [0.25, 0.3) is 22.3 Å². The van der Waals surface area contributed by atoms with Crippen molar-refractivity contribution in [2.45, 2.75) is 42.5 Å². The summed E-state index contributed by atoms with van der Waals surface area (Å²) in [5.41, 5.74) is 4.37. The van der Waals surface area contributed by atoms with E-state index in [1.807, 2.05) is 24.3 Å².